The highest BCUT2D eigenvalue weighted by atomic mass is 19.1. The number of aliphatic hydroxyl groups excluding tert-OH is 1. The van der Waals surface area contributed by atoms with E-state index >= 15 is 0 Å². The number of nitrogens with one attached hydrogen (secondary N) is 2. The molecule has 3 N–H and O–H groups in total. The zero-order valence-electron chi connectivity index (χ0n) is 17.9. The van der Waals surface area contributed by atoms with Crippen LogP contribution < -0.4 is 10.6 Å². The highest BCUT2D eigenvalue weighted by Crippen LogP contribution is 2.27. The number of carbonyl (C=O) groups excluding carboxylic acids is 1. The number of hydrogen-bond acceptors (Lipinski definition) is 3. The second-order valence-electron chi connectivity index (χ2n) is 8.64. The van der Waals surface area contributed by atoms with Gasteiger partial charge in [-0.1, -0.05) is 18.2 Å². The SMILES string of the molecule is O=C(CCn1ccc2ccccc21)N[C@@H](Cc1cc(F)cc(F)c1)[C@@H](O)CNCC1CC1. The number of benzene rings is 2. The smallest absolute Gasteiger partial charge is 0.222 e. The molecular weight excluding hydrogens is 412 g/mol. The first kappa shape index (κ1) is 22.4. The molecule has 0 aliphatic heterocycles. The van der Waals surface area contributed by atoms with Crippen LogP contribution in [0.4, 0.5) is 8.78 Å². The molecule has 1 fully saturated rings. The van der Waals surface area contributed by atoms with Crippen LogP contribution in [0.3, 0.4) is 0 Å². The number of aryl methyl sites for hydroxylation is 1. The Morgan fingerprint density at radius 2 is 1.88 bits per heavy atom. The third-order valence-electron chi connectivity index (χ3n) is 5.93. The second-order valence-corrected chi connectivity index (χ2v) is 8.64. The van der Waals surface area contributed by atoms with Gasteiger partial charge in [-0.05, 0) is 66.9 Å². The van der Waals surface area contributed by atoms with Gasteiger partial charge >= 0.3 is 0 Å². The Labute approximate surface area is 186 Å². The van der Waals surface area contributed by atoms with Gasteiger partial charge in [0.25, 0.3) is 0 Å². The molecule has 2 aromatic carbocycles. The molecule has 0 saturated heterocycles. The molecule has 0 spiro atoms. The summed E-state index contributed by atoms with van der Waals surface area (Å²) in [6, 6.07) is 12.6. The monoisotopic (exact) mass is 441 g/mol. The summed E-state index contributed by atoms with van der Waals surface area (Å²) in [6.07, 6.45) is 3.83. The van der Waals surface area contributed by atoms with Crippen LogP contribution >= 0.6 is 0 Å². The van der Waals surface area contributed by atoms with Gasteiger partial charge in [0.05, 0.1) is 12.1 Å². The van der Waals surface area contributed by atoms with Crippen molar-refractivity contribution < 1.29 is 18.7 Å². The van der Waals surface area contributed by atoms with Gasteiger partial charge in [0.1, 0.15) is 11.6 Å². The lowest BCUT2D eigenvalue weighted by Crippen LogP contribution is -2.49. The molecule has 7 heteroatoms. The molecule has 1 saturated carbocycles. The molecule has 32 heavy (non-hydrogen) atoms. The Balaban J connectivity index is 1.38. The molecule has 0 unspecified atom stereocenters. The van der Waals surface area contributed by atoms with Crippen molar-refractivity contribution in [1.29, 1.82) is 0 Å². The highest BCUT2D eigenvalue weighted by molar-refractivity contribution is 5.80. The molecule has 5 nitrogen and oxygen atoms in total. The first-order chi connectivity index (χ1) is 15.5. The Morgan fingerprint density at radius 1 is 1.12 bits per heavy atom. The molecule has 0 radical (unpaired) electrons. The van der Waals surface area contributed by atoms with E-state index in [0.717, 1.165) is 23.5 Å². The molecule has 2 atom stereocenters. The lowest BCUT2D eigenvalue weighted by atomic mass is 10.0. The van der Waals surface area contributed by atoms with E-state index in [1.54, 1.807) is 0 Å². The first-order valence-corrected chi connectivity index (χ1v) is 11.1. The summed E-state index contributed by atoms with van der Waals surface area (Å²) in [5, 5.41) is 17.9. The number of rotatable bonds is 11. The van der Waals surface area contributed by atoms with Gasteiger partial charge in [-0.15, -0.1) is 0 Å². The van der Waals surface area contributed by atoms with Crippen molar-refractivity contribution in [1.82, 2.24) is 15.2 Å². The Hall–Kier alpha value is -2.77. The fourth-order valence-corrected chi connectivity index (χ4v) is 4.00. The number of amides is 1. The Morgan fingerprint density at radius 3 is 2.62 bits per heavy atom. The van der Waals surface area contributed by atoms with Gasteiger partial charge in [0.15, 0.2) is 0 Å². The second kappa shape index (κ2) is 10.2. The summed E-state index contributed by atoms with van der Waals surface area (Å²) in [4.78, 5) is 12.7. The van der Waals surface area contributed by atoms with Gasteiger partial charge in [-0.3, -0.25) is 4.79 Å². The first-order valence-electron chi connectivity index (χ1n) is 11.1. The zero-order chi connectivity index (χ0) is 22.5. The molecule has 170 valence electrons. The third kappa shape index (κ3) is 6.14. The minimum Gasteiger partial charge on any atom is -0.390 e. The fourth-order valence-electron chi connectivity index (χ4n) is 4.00. The van der Waals surface area contributed by atoms with Crippen molar-refractivity contribution in [3.63, 3.8) is 0 Å². The van der Waals surface area contributed by atoms with E-state index in [1.807, 2.05) is 41.1 Å². The van der Waals surface area contributed by atoms with E-state index in [1.165, 1.54) is 25.0 Å². The van der Waals surface area contributed by atoms with Gasteiger partial charge in [0.2, 0.25) is 5.91 Å². The largest absolute Gasteiger partial charge is 0.390 e. The van der Waals surface area contributed by atoms with Crippen LogP contribution in [0.25, 0.3) is 10.9 Å². The van der Waals surface area contributed by atoms with Crippen molar-refractivity contribution in [2.24, 2.45) is 5.92 Å². The maximum Gasteiger partial charge on any atom is 0.222 e. The van der Waals surface area contributed by atoms with Crippen molar-refractivity contribution in [3.8, 4) is 0 Å². The molecule has 1 amide bonds. The van der Waals surface area contributed by atoms with Crippen LogP contribution in [0.15, 0.2) is 54.7 Å². The van der Waals surface area contributed by atoms with Gasteiger partial charge in [-0.25, -0.2) is 8.78 Å². The van der Waals surface area contributed by atoms with Gasteiger partial charge in [0, 0.05) is 37.3 Å². The maximum atomic E-state index is 13.6. The Kier molecular flexibility index (Phi) is 7.17. The zero-order valence-corrected chi connectivity index (χ0v) is 17.9. The number of carbonyl (C=O) groups is 1. The predicted octanol–water partition coefficient (Wildman–Crippen LogP) is 3.40. The standard InChI is InChI=1S/C25H29F2N3O2/c26-20-11-18(12-21(27)14-20)13-22(24(31)16-28-15-17-5-6-17)29-25(32)8-10-30-9-7-19-3-1-2-4-23(19)30/h1-4,7,9,11-12,14,17,22,24,28,31H,5-6,8,10,13,15-16H2,(H,29,32)/t22-,24-/m0/s1. The summed E-state index contributed by atoms with van der Waals surface area (Å²) < 4.78 is 29.3. The van der Waals surface area contributed by atoms with Crippen LogP contribution in [0, 0.1) is 17.6 Å². The quantitative estimate of drug-likeness (QED) is 0.427. The maximum absolute atomic E-state index is 13.6. The predicted molar refractivity (Wildman–Crippen MR) is 120 cm³/mol. The van der Waals surface area contributed by atoms with E-state index in [4.69, 9.17) is 0 Å². The molecule has 0 bridgehead atoms. The normalized spacial score (nSPS) is 15.6. The van der Waals surface area contributed by atoms with Gasteiger partial charge in [-0.2, -0.15) is 0 Å². The third-order valence-corrected chi connectivity index (χ3v) is 5.93. The van der Waals surface area contributed by atoms with E-state index in [0.29, 0.717) is 24.6 Å². The summed E-state index contributed by atoms with van der Waals surface area (Å²) in [6.45, 7) is 1.63. The minimum absolute atomic E-state index is 0.138. The highest BCUT2D eigenvalue weighted by Gasteiger charge is 2.24. The average Bonchev–Trinajstić information content (AvgIpc) is 3.48. The van der Waals surface area contributed by atoms with Crippen molar-refractivity contribution in [3.05, 3.63) is 71.9 Å². The molecule has 4 rings (SSSR count). The number of halogens is 2. The van der Waals surface area contributed by atoms with Crippen molar-refractivity contribution in [2.75, 3.05) is 13.1 Å². The summed E-state index contributed by atoms with van der Waals surface area (Å²) in [5.41, 5.74) is 1.45. The molecule has 1 aliphatic carbocycles. The van der Waals surface area contributed by atoms with E-state index in [-0.39, 0.29) is 18.7 Å². The van der Waals surface area contributed by atoms with Crippen LogP contribution in [0.2, 0.25) is 0 Å². The molecule has 1 heterocycles. The van der Waals surface area contributed by atoms with Crippen LogP contribution in [-0.2, 0) is 17.8 Å². The number of aliphatic hydroxyl groups is 1. The van der Waals surface area contributed by atoms with Crippen molar-refractivity contribution >= 4 is 16.8 Å². The molecule has 1 aromatic heterocycles. The van der Waals surface area contributed by atoms with Crippen molar-refractivity contribution in [2.45, 2.75) is 44.4 Å². The van der Waals surface area contributed by atoms with E-state index in [2.05, 4.69) is 10.6 Å². The topological polar surface area (TPSA) is 66.3 Å². The number of aromatic nitrogens is 1. The summed E-state index contributed by atoms with van der Waals surface area (Å²) in [5.74, 6) is -0.910. The van der Waals surface area contributed by atoms with Gasteiger partial charge < -0.3 is 20.3 Å². The lowest BCUT2D eigenvalue weighted by Gasteiger charge is -2.25. The molecule has 3 aromatic rings. The number of fused-ring (bicyclic) bond motifs is 1. The lowest BCUT2D eigenvalue weighted by molar-refractivity contribution is -0.122. The molecule has 1 aliphatic rings. The molecular formula is C25H29F2N3O2. The van der Waals surface area contributed by atoms with E-state index < -0.39 is 23.8 Å². The summed E-state index contributed by atoms with van der Waals surface area (Å²) in [7, 11) is 0. The summed E-state index contributed by atoms with van der Waals surface area (Å²) >= 11 is 0. The average molecular weight is 442 g/mol. The van der Waals surface area contributed by atoms with Crippen LogP contribution in [-0.4, -0.2) is 40.8 Å². The number of para-hydroxylation sites is 1. The number of hydrogen-bond donors (Lipinski definition) is 3. The number of nitrogens with zero attached hydrogens (tertiary/aromatic N) is 1. The fraction of sp³-hybridized carbons (Fsp3) is 0.400. The minimum atomic E-state index is -0.878. The Bertz CT molecular complexity index is 1040. The van der Waals surface area contributed by atoms with Crippen LogP contribution in [0.1, 0.15) is 24.8 Å². The van der Waals surface area contributed by atoms with E-state index in [9.17, 15) is 18.7 Å². The van der Waals surface area contributed by atoms with Crippen LogP contribution in [0.5, 0.6) is 0 Å².